The van der Waals surface area contributed by atoms with Gasteiger partial charge in [0.15, 0.2) is 5.82 Å². The van der Waals surface area contributed by atoms with Gasteiger partial charge in [-0.15, -0.1) is 0 Å². The predicted molar refractivity (Wildman–Crippen MR) is 101 cm³/mol. The minimum absolute atomic E-state index is 0.0221. The molecule has 0 bridgehead atoms. The molecule has 25 heavy (non-hydrogen) atoms. The molecule has 1 aromatic heterocycles. The summed E-state index contributed by atoms with van der Waals surface area (Å²) in [6.45, 7) is 4.09. The predicted octanol–water partition coefficient (Wildman–Crippen LogP) is 5.18. The smallest absolute Gasteiger partial charge is 0.225 e. The third-order valence-electron chi connectivity index (χ3n) is 4.71. The maximum Gasteiger partial charge on any atom is 0.225 e. The lowest BCUT2D eigenvalue weighted by atomic mass is 9.86. The first-order chi connectivity index (χ1) is 12.1. The Morgan fingerprint density at radius 3 is 2.56 bits per heavy atom. The highest BCUT2D eigenvalue weighted by atomic mass is 16.1. The quantitative estimate of drug-likeness (QED) is 0.818. The fraction of sp³-hybridized carbons (Fsp3) is 0.476. The van der Waals surface area contributed by atoms with Crippen LogP contribution in [0.15, 0.2) is 36.5 Å². The summed E-state index contributed by atoms with van der Waals surface area (Å²) in [4.78, 5) is 21.7. The number of carbonyl (C=O) groups excluding carboxylic acids is 1. The molecule has 1 aliphatic rings. The largest absolute Gasteiger partial charge is 0.309 e. The topological polar surface area (TPSA) is 54.9 Å². The summed E-state index contributed by atoms with van der Waals surface area (Å²) in [5.74, 6) is 1.39. The molecule has 1 amide bonds. The van der Waals surface area contributed by atoms with E-state index >= 15 is 0 Å². The lowest BCUT2D eigenvalue weighted by Gasteiger charge is -2.23. The molecule has 1 N–H and O–H groups in total. The van der Waals surface area contributed by atoms with E-state index < -0.39 is 0 Å². The van der Waals surface area contributed by atoms with Crippen molar-refractivity contribution >= 4 is 11.7 Å². The van der Waals surface area contributed by atoms with Gasteiger partial charge in [-0.3, -0.25) is 4.79 Å². The molecule has 2 aromatic rings. The number of carbonyl (C=O) groups is 1. The number of hydrogen-bond donors (Lipinski definition) is 1. The third kappa shape index (κ3) is 4.65. The lowest BCUT2D eigenvalue weighted by molar-refractivity contribution is -0.116. The summed E-state index contributed by atoms with van der Waals surface area (Å²) in [6.07, 6.45) is 8.26. The van der Waals surface area contributed by atoms with E-state index in [9.17, 15) is 4.79 Å². The van der Waals surface area contributed by atoms with Gasteiger partial charge in [-0.25, -0.2) is 9.97 Å². The number of amides is 1. The van der Waals surface area contributed by atoms with Crippen LogP contribution in [-0.4, -0.2) is 15.9 Å². The van der Waals surface area contributed by atoms with Gasteiger partial charge in [0.25, 0.3) is 0 Å². The molecule has 3 rings (SSSR count). The molecular formula is C21H27N3O. The molecule has 1 heterocycles. The summed E-state index contributed by atoms with van der Waals surface area (Å²) in [6, 6.07) is 10.1. The highest BCUT2D eigenvalue weighted by Gasteiger charge is 2.23. The monoisotopic (exact) mass is 337 g/mol. The number of anilines is 1. The number of nitrogens with one attached hydrogen (secondary N) is 1. The first-order valence-electron chi connectivity index (χ1n) is 9.35. The summed E-state index contributed by atoms with van der Waals surface area (Å²) in [5, 5.41) is 3.01. The van der Waals surface area contributed by atoms with Crippen LogP contribution >= 0.6 is 0 Å². The van der Waals surface area contributed by atoms with Gasteiger partial charge in [0.1, 0.15) is 0 Å². The Morgan fingerprint density at radius 1 is 1.16 bits per heavy atom. The molecular weight excluding hydrogens is 310 g/mol. The zero-order valence-electron chi connectivity index (χ0n) is 15.2. The number of aromatic nitrogens is 2. The Balaban J connectivity index is 1.91. The molecule has 4 heteroatoms. The standard InChI is InChI=1S/C21H27N3O/c1-15(2)13-19(25)24-21-20(17-11-7-4-8-12-17)23-18(14-22-21)16-9-5-3-6-10-16/h3,5-6,9-10,14-15,17H,4,7-8,11-13H2,1-2H3,(H,22,24,25). The fourth-order valence-electron chi connectivity index (χ4n) is 3.46. The summed E-state index contributed by atoms with van der Waals surface area (Å²) in [7, 11) is 0. The van der Waals surface area contributed by atoms with Gasteiger partial charge in [-0.1, -0.05) is 63.4 Å². The van der Waals surface area contributed by atoms with Crippen LogP contribution in [0.1, 0.15) is 64.0 Å². The molecule has 0 atom stereocenters. The molecule has 0 spiro atoms. The SMILES string of the molecule is CC(C)CC(=O)Nc1ncc(-c2ccccc2)nc1C1CCCCC1. The first kappa shape index (κ1) is 17.6. The average molecular weight is 337 g/mol. The Kier molecular flexibility index (Phi) is 5.79. The van der Waals surface area contributed by atoms with E-state index in [-0.39, 0.29) is 5.91 Å². The number of nitrogens with zero attached hydrogens (tertiary/aromatic N) is 2. The molecule has 132 valence electrons. The van der Waals surface area contributed by atoms with Crippen molar-refractivity contribution in [2.24, 2.45) is 5.92 Å². The van der Waals surface area contributed by atoms with E-state index in [4.69, 9.17) is 4.98 Å². The van der Waals surface area contributed by atoms with E-state index in [1.807, 2.05) is 44.2 Å². The van der Waals surface area contributed by atoms with Crippen LogP contribution in [0.5, 0.6) is 0 Å². The molecule has 1 aromatic carbocycles. The van der Waals surface area contributed by atoms with Crippen molar-refractivity contribution in [3.63, 3.8) is 0 Å². The molecule has 1 saturated carbocycles. The van der Waals surface area contributed by atoms with Crippen LogP contribution in [0.2, 0.25) is 0 Å². The Hall–Kier alpha value is -2.23. The third-order valence-corrected chi connectivity index (χ3v) is 4.71. The van der Waals surface area contributed by atoms with Crippen molar-refractivity contribution in [1.82, 2.24) is 9.97 Å². The Bertz CT molecular complexity index is 706. The van der Waals surface area contributed by atoms with Crippen LogP contribution in [-0.2, 0) is 4.79 Å². The van der Waals surface area contributed by atoms with Crippen molar-refractivity contribution in [3.8, 4) is 11.3 Å². The van der Waals surface area contributed by atoms with E-state index in [0.29, 0.717) is 24.1 Å². The highest BCUT2D eigenvalue weighted by Crippen LogP contribution is 2.35. The van der Waals surface area contributed by atoms with Gasteiger partial charge in [-0.2, -0.15) is 0 Å². The zero-order valence-corrected chi connectivity index (χ0v) is 15.2. The maximum atomic E-state index is 12.2. The molecule has 1 fully saturated rings. The van der Waals surface area contributed by atoms with Gasteiger partial charge in [0.05, 0.1) is 17.6 Å². The normalized spacial score (nSPS) is 15.3. The Labute approximate surface area is 150 Å². The van der Waals surface area contributed by atoms with Crippen molar-refractivity contribution in [2.45, 2.75) is 58.3 Å². The maximum absolute atomic E-state index is 12.2. The molecule has 0 aliphatic heterocycles. The van der Waals surface area contributed by atoms with E-state index in [2.05, 4.69) is 10.3 Å². The van der Waals surface area contributed by atoms with Crippen LogP contribution < -0.4 is 5.32 Å². The summed E-state index contributed by atoms with van der Waals surface area (Å²) in [5.41, 5.74) is 2.90. The van der Waals surface area contributed by atoms with Crippen molar-refractivity contribution in [2.75, 3.05) is 5.32 Å². The van der Waals surface area contributed by atoms with Crippen molar-refractivity contribution < 1.29 is 4.79 Å². The molecule has 0 saturated heterocycles. The van der Waals surface area contributed by atoms with Gasteiger partial charge < -0.3 is 5.32 Å². The molecule has 1 aliphatic carbocycles. The second-order valence-corrected chi connectivity index (χ2v) is 7.34. The number of benzene rings is 1. The summed E-state index contributed by atoms with van der Waals surface area (Å²) >= 11 is 0. The van der Waals surface area contributed by atoms with E-state index in [1.54, 1.807) is 6.20 Å². The van der Waals surface area contributed by atoms with Crippen LogP contribution in [0, 0.1) is 5.92 Å². The van der Waals surface area contributed by atoms with Gasteiger partial charge >= 0.3 is 0 Å². The first-order valence-corrected chi connectivity index (χ1v) is 9.35. The minimum atomic E-state index is 0.0221. The van der Waals surface area contributed by atoms with Crippen LogP contribution in [0.4, 0.5) is 5.82 Å². The fourth-order valence-corrected chi connectivity index (χ4v) is 3.46. The van der Waals surface area contributed by atoms with Crippen LogP contribution in [0.3, 0.4) is 0 Å². The summed E-state index contributed by atoms with van der Waals surface area (Å²) < 4.78 is 0. The lowest BCUT2D eigenvalue weighted by Crippen LogP contribution is -2.19. The molecule has 0 radical (unpaired) electrons. The Morgan fingerprint density at radius 2 is 1.88 bits per heavy atom. The van der Waals surface area contributed by atoms with Gasteiger partial charge in [-0.05, 0) is 18.8 Å². The van der Waals surface area contributed by atoms with E-state index in [1.165, 1.54) is 19.3 Å². The highest BCUT2D eigenvalue weighted by molar-refractivity contribution is 5.90. The molecule has 4 nitrogen and oxygen atoms in total. The van der Waals surface area contributed by atoms with Gasteiger partial charge in [0.2, 0.25) is 5.91 Å². The van der Waals surface area contributed by atoms with Crippen molar-refractivity contribution in [1.29, 1.82) is 0 Å². The second kappa shape index (κ2) is 8.24. The number of rotatable bonds is 5. The van der Waals surface area contributed by atoms with Crippen molar-refractivity contribution in [3.05, 3.63) is 42.2 Å². The van der Waals surface area contributed by atoms with Gasteiger partial charge in [0, 0.05) is 17.9 Å². The van der Waals surface area contributed by atoms with Crippen LogP contribution in [0.25, 0.3) is 11.3 Å². The number of hydrogen-bond acceptors (Lipinski definition) is 3. The molecule has 0 unspecified atom stereocenters. The van der Waals surface area contributed by atoms with E-state index in [0.717, 1.165) is 29.8 Å². The minimum Gasteiger partial charge on any atom is -0.309 e. The second-order valence-electron chi connectivity index (χ2n) is 7.34. The zero-order chi connectivity index (χ0) is 17.6. The average Bonchev–Trinajstić information content (AvgIpc) is 2.63.